The van der Waals surface area contributed by atoms with Gasteiger partial charge in [-0.15, -0.1) is 0 Å². The van der Waals surface area contributed by atoms with Crippen LogP contribution < -0.4 is 14.4 Å². The van der Waals surface area contributed by atoms with E-state index in [2.05, 4.69) is 144 Å². The number of rotatable bonds is 2. The first-order valence-electron chi connectivity index (χ1n) is 18.3. The largest absolute Gasteiger partial charge is 0.450 e. The Labute approximate surface area is 312 Å². The van der Waals surface area contributed by atoms with Crippen LogP contribution in [0.4, 0.5) is 17.1 Å². The van der Waals surface area contributed by atoms with Gasteiger partial charge in [0.1, 0.15) is 0 Å². The normalized spacial score (nSPS) is 17.8. The lowest BCUT2D eigenvalue weighted by Crippen LogP contribution is -2.27. The smallest absolute Gasteiger partial charge is 0.170 e. The summed E-state index contributed by atoms with van der Waals surface area (Å²) >= 11 is 1.84. The van der Waals surface area contributed by atoms with E-state index in [4.69, 9.17) is 9.47 Å². The molecule has 0 saturated carbocycles. The Kier molecular flexibility index (Phi) is 6.03. The number of nitrogens with zero attached hydrogens (tertiary/aromatic N) is 1. The Morgan fingerprint density at radius 3 is 2.00 bits per heavy atom. The molecule has 1 atom stereocenters. The van der Waals surface area contributed by atoms with E-state index in [1.54, 1.807) is 0 Å². The van der Waals surface area contributed by atoms with Crippen LogP contribution in [0.5, 0.6) is 23.0 Å². The van der Waals surface area contributed by atoms with E-state index >= 15 is 0 Å². The van der Waals surface area contributed by atoms with Crippen LogP contribution in [0.15, 0.2) is 179 Å². The summed E-state index contributed by atoms with van der Waals surface area (Å²) in [6.07, 6.45) is 6.85. The monoisotopic (exact) mass is 697 g/mol. The molecule has 0 bridgehead atoms. The molecule has 0 radical (unpaired) electrons. The van der Waals surface area contributed by atoms with Crippen LogP contribution in [0, 0.1) is 0 Å². The molecular weight excluding hydrogens is 667 g/mol. The fourth-order valence-corrected chi connectivity index (χ4v) is 10.5. The third kappa shape index (κ3) is 4.02. The van der Waals surface area contributed by atoms with E-state index in [1.807, 2.05) is 36.0 Å². The maximum Gasteiger partial charge on any atom is 0.170 e. The summed E-state index contributed by atoms with van der Waals surface area (Å²) in [6.45, 7) is 0. The van der Waals surface area contributed by atoms with Gasteiger partial charge in [-0.3, -0.25) is 0 Å². The summed E-state index contributed by atoms with van der Waals surface area (Å²) in [4.78, 5) is 4.93. The molecule has 5 aliphatic rings. The molecule has 250 valence electrons. The molecule has 4 heteroatoms. The predicted octanol–water partition coefficient (Wildman–Crippen LogP) is 13.6. The molecule has 1 unspecified atom stereocenters. The first kappa shape index (κ1) is 29.4. The molecule has 2 aliphatic heterocycles. The summed E-state index contributed by atoms with van der Waals surface area (Å²) < 4.78 is 13.1. The van der Waals surface area contributed by atoms with Gasteiger partial charge in [0.25, 0.3) is 0 Å². The first-order chi connectivity index (χ1) is 26.3. The van der Waals surface area contributed by atoms with Gasteiger partial charge >= 0.3 is 0 Å². The average molecular weight is 698 g/mol. The van der Waals surface area contributed by atoms with Gasteiger partial charge in [0, 0.05) is 15.5 Å². The van der Waals surface area contributed by atoms with Gasteiger partial charge in [-0.25, -0.2) is 0 Å². The predicted molar refractivity (Wildman–Crippen MR) is 214 cm³/mol. The Hall–Kier alpha value is -6.23. The third-order valence-corrected chi connectivity index (χ3v) is 12.7. The highest BCUT2D eigenvalue weighted by Gasteiger charge is 2.53. The Balaban J connectivity index is 1.07. The lowest BCUT2D eigenvalue weighted by atomic mass is 9.68. The summed E-state index contributed by atoms with van der Waals surface area (Å²) in [5, 5.41) is 0. The molecule has 2 heterocycles. The molecule has 7 aromatic rings. The van der Waals surface area contributed by atoms with Gasteiger partial charge < -0.3 is 14.4 Å². The average Bonchev–Trinajstić information content (AvgIpc) is 3.67. The summed E-state index contributed by atoms with van der Waals surface area (Å²) in [7, 11) is 0. The minimum Gasteiger partial charge on any atom is -0.450 e. The fraction of sp³-hybridized carbons (Fsp3) is 0.0612. The van der Waals surface area contributed by atoms with Gasteiger partial charge in [-0.05, 0) is 135 Å². The van der Waals surface area contributed by atoms with Crippen LogP contribution in [-0.4, -0.2) is 0 Å². The molecule has 12 rings (SSSR count). The zero-order valence-electron chi connectivity index (χ0n) is 28.7. The summed E-state index contributed by atoms with van der Waals surface area (Å²) in [5.41, 5.74) is 16.0. The highest BCUT2D eigenvalue weighted by molar-refractivity contribution is 7.99. The molecule has 0 N–H and O–H groups in total. The fourth-order valence-electron chi connectivity index (χ4n) is 9.42. The van der Waals surface area contributed by atoms with Crippen molar-refractivity contribution in [2.75, 3.05) is 4.90 Å². The van der Waals surface area contributed by atoms with Gasteiger partial charge in [-0.2, -0.15) is 0 Å². The van der Waals surface area contributed by atoms with Crippen LogP contribution in [0.1, 0.15) is 35.1 Å². The molecule has 0 saturated heterocycles. The van der Waals surface area contributed by atoms with E-state index in [0.29, 0.717) is 0 Å². The van der Waals surface area contributed by atoms with Crippen molar-refractivity contribution in [3.05, 3.63) is 192 Å². The van der Waals surface area contributed by atoms with Crippen molar-refractivity contribution >= 4 is 34.4 Å². The number of fused-ring (bicyclic) bond motifs is 13. The first-order valence-corrected chi connectivity index (χ1v) is 19.1. The topological polar surface area (TPSA) is 21.7 Å². The lowest BCUT2D eigenvalue weighted by Gasteiger charge is -2.33. The van der Waals surface area contributed by atoms with Gasteiger partial charge in [0.15, 0.2) is 23.0 Å². The number of anilines is 3. The summed E-state index contributed by atoms with van der Waals surface area (Å²) in [6, 6.07) is 55.0. The number of para-hydroxylation sites is 4. The van der Waals surface area contributed by atoms with Crippen LogP contribution in [0.2, 0.25) is 0 Å². The minimum absolute atomic E-state index is 0.474. The maximum absolute atomic E-state index is 6.58. The van der Waals surface area contributed by atoms with Crippen LogP contribution >= 0.6 is 11.8 Å². The van der Waals surface area contributed by atoms with Crippen molar-refractivity contribution in [3.8, 4) is 45.3 Å². The minimum atomic E-state index is -0.474. The second-order valence-corrected chi connectivity index (χ2v) is 15.4. The van der Waals surface area contributed by atoms with E-state index < -0.39 is 5.41 Å². The standard InChI is InChI=1S/C49H31NO2S/c1-3-16-37-33(14-1)34-15-2-4-17-38(34)49(37)39-27-31(24-25-35(39)36-28-45-46(29-40(36)49)52-44-21-8-7-20-43(44)51-45)30-12-11-13-32(26-30)50-41-18-5-9-22-47(41)53-48-23-10-6-19-42(48)50/h1,3-14,16-29H,2,15H2. The van der Waals surface area contributed by atoms with Gasteiger partial charge in [-0.1, -0.05) is 109 Å². The van der Waals surface area contributed by atoms with E-state index in [9.17, 15) is 0 Å². The maximum atomic E-state index is 6.58. The van der Waals surface area contributed by atoms with Crippen LogP contribution in [0.25, 0.3) is 27.8 Å². The number of hydrogen-bond acceptors (Lipinski definition) is 4. The molecule has 0 amide bonds. The second kappa shape index (κ2) is 10.9. The van der Waals surface area contributed by atoms with Gasteiger partial charge in [0.05, 0.1) is 16.8 Å². The number of benzene rings is 7. The molecule has 7 aromatic carbocycles. The van der Waals surface area contributed by atoms with Crippen LogP contribution in [-0.2, 0) is 5.41 Å². The number of hydrogen-bond donors (Lipinski definition) is 0. The zero-order chi connectivity index (χ0) is 34.7. The quantitative estimate of drug-likeness (QED) is 0.179. The number of allylic oxidation sites excluding steroid dienone is 4. The van der Waals surface area contributed by atoms with Crippen molar-refractivity contribution in [3.63, 3.8) is 0 Å². The number of ether oxygens (including phenoxy) is 2. The molecule has 3 aliphatic carbocycles. The molecule has 53 heavy (non-hydrogen) atoms. The van der Waals surface area contributed by atoms with E-state index in [0.717, 1.165) is 41.5 Å². The van der Waals surface area contributed by atoms with Crippen molar-refractivity contribution in [1.82, 2.24) is 0 Å². The Bertz CT molecular complexity index is 2750. The molecule has 0 aromatic heterocycles. The van der Waals surface area contributed by atoms with Crippen LogP contribution in [0.3, 0.4) is 0 Å². The molecule has 3 nitrogen and oxygen atoms in total. The second-order valence-electron chi connectivity index (χ2n) is 14.3. The highest BCUT2D eigenvalue weighted by Crippen LogP contribution is 2.65. The van der Waals surface area contributed by atoms with Gasteiger partial charge in [0.2, 0.25) is 0 Å². The zero-order valence-corrected chi connectivity index (χ0v) is 29.5. The molecule has 1 spiro atoms. The third-order valence-electron chi connectivity index (χ3n) is 11.6. The summed E-state index contributed by atoms with van der Waals surface area (Å²) in [5.74, 6) is 3.00. The highest BCUT2D eigenvalue weighted by atomic mass is 32.2. The Morgan fingerprint density at radius 1 is 0.509 bits per heavy atom. The molecular formula is C49H31NO2S. The van der Waals surface area contributed by atoms with Crippen molar-refractivity contribution < 1.29 is 9.47 Å². The van der Waals surface area contributed by atoms with E-state index in [1.165, 1.54) is 76.8 Å². The van der Waals surface area contributed by atoms with Crippen molar-refractivity contribution in [1.29, 1.82) is 0 Å². The van der Waals surface area contributed by atoms with E-state index in [-0.39, 0.29) is 0 Å². The SMILES string of the molecule is C1=CC2=C(CC1)c1ccccc1C21c2cc(-c3cccc(N4c5ccccc5Sc5ccccc54)c3)ccc2-c2cc3c(cc21)Oc1ccccc1O3. The van der Waals surface area contributed by atoms with Crippen molar-refractivity contribution in [2.24, 2.45) is 0 Å². The lowest BCUT2D eigenvalue weighted by molar-refractivity contribution is 0.359. The van der Waals surface area contributed by atoms with Crippen molar-refractivity contribution in [2.45, 2.75) is 28.0 Å². The Morgan fingerprint density at radius 2 is 1.19 bits per heavy atom. The molecule has 0 fully saturated rings.